The minimum atomic E-state index is -0.113. The lowest BCUT2D eigenvalue weighted by Crippen LogP contribution is -2.14. The monoisotopic (exact) mass is 705 g/mol. The van der Waals surface area contributed by atoms with Gasteiger partial charge in [-0.25, -0.2) is 0 Å². The van der Waals surface area contributed by atoms with Crippen LogP contribution in [-0.2, 0) is 5.41 Å². The molecule has 4 heterocycles. The molecule has 0 aliphatic heterocycles. The van der Waals surface area contributed by atoms with Crippen LogP contribution in [0.3, 0.4) is 0 Å². The Morgan fingerprint density at radius 1 is 0.382 bits per heavy atom. The smallest absolute Gasteiger partial charge is 0.178 e. The second-order valence-corrected chi connectivity index (χ2v) is 15.6. The second-order valence-electron chi connectivity index (χ2n) is 15.6. The number of rotatable bonds is 2. The zero-order valence-corrected chi connectivity index (χ0v) is 30.1. The van der Waals surface area contributed by atoms with Crippen molar-refractivity contribution in [3.8, 4) is 27.9 Å². The largest absolute Gasteiger partial charge is 0.456 e. The van der Waals surface area contributed by atoms with Gasteiger partial charge in [0.25, 0.3) is 0 Å². The minimum Gasteiger partial charge on any atom is -0.456 e. The molecule has 0 atom stereocenters. The molecule has 0 saturated heterocycles. The lowest BCUT2D eigenvalue weighted by atomic mass is 9.82. The fourth-order valence-corrected chi connectivity index (χ4v) is 9.94. The summed E-state index contributed by atoms with van der Waals surface area (Å²) in [4.78, 5) is 0. The van der Waals surface area contributed by atoms with Gasteiger partial charge in [0, 0.05) is 48.7 Å². The van der Waals surface area contributed by atoms with Gasteiger partial charge in [0.2, 0.25) is 0 Å². The first-order valence-electron chi connectivity index (χ1n) is 18.9. The summed E-state index contributed by atoms with van der Waals surface area (Å²) in [5.74, 6) is 0. The van der Waals surface area contributed by atoms with E-state index < -0.39 is 0 Å². The van der Waals surface area contributed by atoms with E-state index in [1.165, 1.54) is 44.1 Å². The number of hydrogen-bond donors (Lipinski definition) is 0. The van der Waals surface area contributed by atoms with Crippen LogP contribution < -0.4 is 0 Å². The first kappa shape index (κ1) is 29.4. The van der Waals surface area contributed by atoms with Gasteiger partial charge in [-0.05, 0) is 82.4 Å². The predicted octanol–water partition coefficient (Wildman–Crippen LogP) is 14.5. The van der Waals surface area contributed by atoms with Gasteiger partial charge in [0.1, 0.15) is 22.3 Å². The van der Waals surface area contributed by atoms with Crippen LogP contribution in [0.5, 0.6) is 0 Å². The number of nitrogens with zero attached hydrogens (tertiary/aromatic N) is 1. The molecule has 4 aromatic heterocycles. The molecule has 0 fully saturated rings. The summed E-state index contributed by atoms with van der Waals surface area (Å²) in [5, 5.41) is 8.86. The van der Waals surface area contributed by atoms with E-state index >= 15 is 0 Å². The van der Waals surface area contributed by atoms with Gasteiger partial charge in [-0.15, -0.1) is 0 Å². The molecule has 1 aliphatic carbocycles. The standard InChI is InChI=1S/C51H31NO3/c1-51(2)38-18-6-3-12-28(38)36-26-37-29-13-4-7-19-40(29)52(42(37)27-39(36)51)41-20-11-23-45-47(41)35-25-24-33-32-17-9-16-31(48(32)55-49(33)50(35)54-45)30-15-10-22-44-46(30)34-14-5-8-21-43(34)53-44/h3-27H,1-2H3. The molecule has 8 aromatic carbocycles. The van der Waals surface area contributed by atoms with Crippen LogP contribution in [0.25, 0.3) is 116 Å². The summed E-state index contributed by atoms with van der Waals surface area (Å²) in [5.41, 5.74) is 15.8. The van der Waals surface area contributed by atoms with Crippen molar-refractivity contribution in [3.05, 3.63) is 163 Å². The van der Waals surface area contributed by atoms with Crippen molar-refractivity contribution in [2.45, 2.75) is 19.3 Å². The maximum atomic E-state index is 6.96. The van der Waals surface area contributed by atoms with Crippen LogP contribution in [0.1, 0.15) is 25.0 Å². The van der Waals surface area contributed by atoms with Crippen molar-refractivity contribution in [2.75, 3.05) is 0 Å². The molecule has 1 aliphatic rings. The zero-order chi connectivity index (χ0) is 36.2. The Bertz CT molecular complexity index is 3640. The molecule has 0 radical (unpaired) electrons. The summed E-state index contributed by atoms with van der Waals surface area (Å²) < 4.78 is 22.5. The molecule has 13 rings (SSSR count). The summed E-state index contributed by atoms with van der Waals surface area (Å²) in [6, 6.07) is 54.2. The molecule has 258 valence electrons. The Hall–Kier alpha value is -7.04. The van der Waals surface area contributed by atoms with Crippen LogP contribution in [0, 0.1) is 0 Å². The average molecular weight is 706 g/mol. The van der Waals surface area contributed by atoms with Gasteiger partial charge >= 0.3 is 0 Å². The molecule has 12 aromatic rings. The van der Waals surface area contributed by atoms with E-state index in [-0.39, 0.29) is 5.41 Å². The highest BCUT2D eigenvalue weighted by atomic mass is 16.4. The van der Waals surface area contributed by atoms with Gasteiger partial charge in [-0.1, -0.05) is 111 Å². The number of aromatic nitrogens is 1. The topological polar surface area (TPSA) is 44.4 Å². The summed E-state index contributed by atoms with van der Waals surface area (Å²) >= 11 is 0. The van der Waals surface area contributed by atoms with Crippen LogP contribution >= 0.6 is 0 Å². The Morgan fingerprint density at radius 2 is 1.04 bits per heavy atom. The molecule has 4 heteroatoms. The lowest BCUT2D eigenvalue weighted by molar-refractivity contribution is 0.634. The fraction of sp³-hybridized carbons (Fsp3) is 0.0588. The molecule has 0 bridgehead atoms. The third-order valence-corrected chi connectivity index (χ3v) is 12.4. The molecule has 0 amide bonds. The van der Waals surface area contributed by atoms with Crippen LogP contribution in [-0.4, -0.2) is 4.57 Å². The zero-order valence-electron chi connectivity index (χ0n) is 30.1. The maximum Gasteiger partial charge on any atom is 0.178 e. The van der Waals surface area contributed by atoms with Crippen LogP contribution in [0.4, 0.5) is 0 Å². The first-order chi connectivity index (χ1) is 27.0. The van der Waals surface area contributed by atoms with Crippen molar-refractivity contribution in [1.29, 1.82) is 0 Å². The SMILES string of the molecule is CC1(C)c2ccccc2-c2cc3c4ccccc4n(-c4cccc5oc6c(ccc7c8cccc(-c9cccc%10oc%11ccccc%11c9%10)c8oc76)c45)c3cc21. The van der Waals surface area contributed by atoms with E-state index in [1.807, 2.05) is 18.2 Å². The van der Waals surface area contributed by atoms with Gasteiger partial charge in [-0.2, -0.15) is 0 Å². The molecule has 0 spiro atoms. The first-order valence-corrected chi connectivity index (χ1v) is 18.9. The van der Waals surface area contributed by atoms with Crippen molar-refractivity contribution < 1.29 is 13.3 Å². The van der Waals surface area contributed by atoms with Gasteiger partial charge < -0.3 is 17.8 Å². The quantitative estimate of drug-likeness (QED) is 0.180. The van der Waals surface area contributed by atoms with E-state index in [9.17, 15) is 0 Å². The third kappa shape index (κ3) is 3.66. The Kier molecular flexibility index (Phi) is 5.42. The highest BCUT2D eigenvalue weighted by molar-refractivity contribution is 6.23. The van der Waals surface area contributed by atoms with Crippen molar-refractivity contribution in [2.24, 2.45) is 0 Å². The maximum absolute atomic E-state index is 6.96. The lowest BCUT2D eigenvalue weighted by Gasteiger charge is -2.21. The van der Waals surface area contributed by atoms with Gasteiger partial charge in [0.05, 0.1) is 22.1 Å². The second kappa shape index (κ2) is 10.1. The average Bonchev–Trinajstić information content (AvgIpc) is 4.02. The van der Waals surface area contributed by atoms with Crippen LogP contribution in [0.15, 0.2) is 165 Å². The number of para-hydroxylation sites is 3. The van der Waals surface area contributed by atoms with E-state index in [1.54, 1.807) is 0 Å². The molecule has 55 heavy (non-hydrogen) atoms. The molecule has 0 saturated carbocycles. The van der Waals surface area contributed by atoms with E-state index in [2.05, 4.69) is 152 Å². The number of fused-ring (bicyclic) bond motifs is 16. The van der Waals surface area contributed by atoms with Crippen molar-refractivity contribution in [3.63, 3.8) is 0 Å². The number of hydrogen-bond acceptors (Lipinski definition) is 3. The van der Waals surface area contributed by atoms with E-state index in [0.717, 1.165) is 82.6 Å². The number of benzene rings is 8. The predicted molar refractivity (Wildman–Crippen MR) is 226 cm³/mol. The summed E-state index contributed by atoms with van der Waals surface area (Å²) in [6.07, 6.45) is 0. The highest BCUT2D eigenvalue weighted by Gasteiger charge is 2.36. The van der Waals surface area contributed by atoms with Crippen molar-refractivity contribution >= 4 is 87.6 Å². The van der Waals surface area contributed by atoms with E-state index in [0.29, 0.717) is 0 Å². The fourth-order valence-electron chi connectivity index (χ4n) is 9.94. The molecular formula is C51H31NO3. The normalized spacial score (nSPS) is 13.8. The van der Waals surface area contributed by atoms with Crippen molar-refractivity contribution in [1.82, 2.24) is 4.57 Å². The molecular weight excluding hydrogens is 675 g/mol. The van der Waals surface area contributed by atoms with Gasteiger partial charge in [0.15, 0.2) is 11.2 Å². The van der Waals surface area contributed by atoms with E-state index in [4.69, 9.17) is 13.3 Å². The highest BCUT2D eigenvalue weighted by Crippen LogP contribution is 2.52. The summed E-state index contributed by atoms with van der Waals surface area (Å²) in [6.45, 7) is 4.70. The summed E-state index contributed by atoms with van der Waals surface area (Å²) in [7, 11) is 0. The molecule has 0 unspecified atom stereocenters. The van der Waals surface area contributed by atoms with Gasteiger partial charge in [-0.3, -0.25) is 0 Å². The third-order valence-electron chi connectivity index (χ3n) is 12.4. The Balaban J connectivity index is 1.08. The minimum absolute atomic E-state index is 0.113. The Labute approximate surface area is 314 Å². The molecule has 0 N–H and O–H groups in total. The molecule has 4 nitrogen and oxygen atoms in total. The van der Waals surface area contributed by atoms with Crippen LogP contribution in [0.2, 0.25) is 0 Å². The number of furan rings is 3. The Morgan fingerprint density at radius 3 is 1.96 bits per heavy atom.